The number of nitrogens with zero attached hydrogens (tertiary/aromatic N) is 2. The van der Waals surface area contributed by atoms with Gasteiger partial charge in [-0.3, -0.25) is 19.4 Å². The van der Waals surface area contributed by atoms with Crippen LogP contribution < -0.4 is 5.32 Å². The first-order valence-corrected chi connectivity index (χ1v) is 25.4. The van der Waals surface area contributed by atoms with Gasteiger partial charge in [-0.15, -0.1) is 6.58 Å². The Balaban J connectivity index is 1.46. The number of aryl methyl sites for hydroxylation is 3. The molecule has 4 atom stereocenters. The van der Waals surface area contributed by atoms with E-state index in [-0.39, 0.29) is 49.7 Å². The summed E-state index contributed by atoms with van der Waals surface area (Å²) in [5.74, 6) is 0.694. The van der Waals surface area contributed by atoms with Crippen LogP contribution in [0.5, 0.6) is 0 Å². The lowest BCUT2D eigenvalue weighted by molar-refractivity contribution is -0.143. The zero-order valence-corrected chi connectivity index (χ0v) is 43.3. The quantitative estimate of drug-likeness (QED) is 0.0600. The van der Waals surface area contributed by atoms with E-state index in [2.05, 4.69) is 103 Å². The van der Waals surface area contributed by atoms with Crippen LogP contribution in [0.3, 0.4) is 0 Å². The lowest BCUT2D eigenvalue weighted by atomic mass is 9.84. The molecule has 0 saturated carbocycles. The monoisotopic (exact) mass is 928 g/mol. The van der Waals surface area contributed by atoms with Crippen molar-refractivity contribution >= 4 is 57.1 Å². The van der Waals surface area contributed by atoms with Gasteiger partial charge in [-0.1, -0.05) is 111 Å². The van der Waals surface area contributed by atoms with Gasteiger partial charge in [0.05, 0.1) is 36.2 Å². The summed E-state index contributed by atoms with van der Waals surface area (Å²) in [4.78, 5) is 58.9. The first-order chi connectivity index (χ1) is 32.5. The topological polar surface area (TPSA) is 139 Å². The predicted octanol–water partition coefficient (Wildman–Crippen LogP) is 13.7. The number of methoxy groups -OCH3 is 1. The Morgan fingerprint density at radius 2 is 1.49 bits per heavy atom. The number of allylic oxidation sites excluding steroid dienone is 2. The summed E-state index contributed by atoms with van der Waals surface area (Å²) >= 11 is 0. The number of esters is 2. The van der Waals surface area contributed by atoms with Crippen LogP contribution in [-0.2, 0) is 36.7 Å². The molecule has 5 heterocycles. The molecule has 1 amide bonds. The second kappa shape index (κ2) is 25.2. The molecule has 0 aromatic carbocycles. The molecule has 0 aliphatic carbocycles. The minimum atomic E-state index is -0.493. The summed E-state index contributed by atoms with van der Waals surface area (Å²) in [6.45, 7) is 30.2. The van der Waals surface area contributed by atoms with E-state index in [0.717, 1.165) is 81.1 Å². The second-order valence-corrected chi connectivity index (χ2v) is 20.1. The Kier molecular flexibility index (Phi) is 19.8. The van der Waals surface area contributed by atoms with Crippen LogP contribution in [0.2, 0.25) is 0 Å². The Morgan fingerprint density at radius 1 is 0.824 bits per heavy atom. The average Bonchev–Trinajstić information content (AvgIpc) is 3.98. The van der Waals surface area contributed by atoms with E-state index in [1.165, 1.54) is 57.6 Å². The third kappa shape index (κ3) is 13.6. The highest BCUT2D eigenvalue weighted by molar-refractivity contribution is 6.27. The van der Waals surface area contributed by atoms with Gasteiger partial charge < -0.3 is 24.8 Å². The van der Waals surface area contributed by atoms with Gasteiger partial charge in [0, 0.05) is 63.7 Å². The number of hydrogen-bond acceptors (Lipinski definition) is 7. The standard InChI is InChI=1S/C58H81N5O5/c1-14-29-59-58(66)55-42(12)50-34-52-44(16-3)40(10)48(61-52)33-51-43(15-2)39(9)47(60-51)32-49-41(11)45(56(62-49)46(57(55)63-50)31-54(65)67-13)26-27-53(64)68-30-28-38(8)25-19-24-37(7)23-18-22-36(6)21-17-20-35(4)5/h14-15,28,32-37,41,45,60-61H,1-2,16-27,29-31H2,3-13H3,(H,59,66)/b38-28+,47-32?,48-33?,49-32?,50-34?,51-33?,52-34?,56-46?,57-46?. The van der Waals surface area contributed by atoms with E-state index < -0.39 is 5.97 Å². The van der Waals surface area contributed by atoms with Crippen LogP contribution in [0, 0.1) is 31.6 Å². The molecule has 2 aliphatic rings. The van der Waals surface area contributed by atoms with Crippen molar-refractivity contribution < 1.29 is 23.9 Å². The zero-order valence-electron chi connectivity index (χ0n) is 43.3. The van der Waals surface area contributed by atoms with E-state index in [1.807, 2.05) is 25.1 Å². The second-order valence-electron chi connectivity index (χ2n) is 20.1. The first kappa shape index (κ1) is 53.4. The molecule has 10 heteroatoms. The fourth-order valence-electron chi connectivity index (χ4n) is 10.0. The number of ether oxygens (including phenoxy) is 2. The minimum Gasteiger partial charge on any atom is -0.469 e. The lowest BCUT2D eigenvalue weighted by Crippen LogP contribution is -2.25. The van der Waals surface area contributed by atoms with Crippen molar-refractivity contribution in [3.05, 3.63) is 99.7 Å². The molecule has 0 spiro atoms. The molecule has 10 nitrogen and oxygen atoms in total. The molecule has 2 aliphatic heterocycles. The Labute approximate surface area is 407 Å². The maximum absolute atomic E-state index is 14.2. The molecule has 3 aromatic heterocycles. The van der Waals surface area contributed by atoms with Gasteiger partial charge in [-0.2, -0.15) is 0 Å². The zero-order chi connectivity index (χ0) is 49.7. The van der Waals surface area contributed by atoms with Gasteiger partial charge in [0.2, 0.25) is 0 Å². The van der Waals surface area contributed by atoms with E-state index in [4.69, 9.17) is 19.4 Å². The number of rotatable bonds is 24. The van der Waals surface area contributed by atoms with Gasteiger partial charge in [0.15, 0.2) is 0 Å². The Morgan fingerprint density at radius 3 is 2.13 bits per heavy atom. The highest BCUT2D eigenvalue weighted by Gasteiger charge is 2.36. The van der Waals surface area contributed by atoms with Crippen LogP contribution >= 0.6 is 0 Å². The van der Waals surface area contributed by atoms with Crippen molar-refractivity contribution in [3.8, 4) is 0 Å². The summed E-state index contributed by atoms with van der Waals surface area (Å²) in [6.07, 6.45) is 17.9. The van der Waals surface area contributed by atoms with Crippen LogP contribution in [0.4, 0.5) is 0 Å². The van der Waals surface area contributed by atoms with E-state index in [0.29, 0.717) is 46.1 Å². The number of nitrogens with one attached hydrogen (secondary N) is 3. The van der Waals surface area contributed by atoms with Crippen LogP contribution in [-0.4, -0.2) is 58.0 Å². The number of fused-ring (bicyclic) bond motifs is 8. The molecule has 68 heavy (non-hydrogen) atoms. The first-order valence-electron chi connectivity index (χ1n) is 25.4. The minimum absolute atomic E-state index is 0.141. The molecule has 368 valence electrons. The number of hydrogen-bond donors (Lipinski definition) is 3. The van der Waals surface area contributed by atoms with Crippen molar-refractivity contribution in [3.63, 3.8) is 0 Å². The number of aromatic nitrogens is 4. The number of carbonyl (C=O) groups excluding carboxylic acids is 3. The molecule has 5 rings (SSSR count). The maximum Gasteiger partial charge on any atom is 0.310 e. The molecule has 3 N–H and O–H groups in total. The van der Waals surface area contributed by atoms with Gasteiger partial charge >= 0.3 is 11.9 Å². The van der Waals surface area contributed by atoms with Crippen LogP contribution in [0.1, 0.15) is 188 Å². The lowest BCUT2D eigenvalue weighted by Gasteiger charge is -2.18. The molecular formula is C58H81N5O5. The van der Waals surface area contributed by atoms with Gasteiger partial charge in [-0.05, 0) is 118 Å². The Hall–Kier alpha value is -5.51. The third-order valence-electron chi connectivity index (χ3n) is 14.4. The molecule has 0 radical (unpaired) electrons. The number of amides is 1. The van der Waals surface area contributed by atoms with Crippen LogP contribution in [0.15, 0.2) is 49.1 Å². The van der Waals surface area contributed by atoms with Crippen molar-refractivity contribution in [1.29, 1.82) is 0 Å². The van der Waals surface area contributed by atoms with Gasteiger partial charge in [0.1, 0.15) is 6.61 Å². The smallest absolute Gasteiger partial charge is 0.310 e. The summed E-state index contributed by atoms with van der Waals surface area (Å²) in [5.41, 5.74) is 13.0. The SMILES string of the molecule is C=CCNC(=O)C1=C(C)c2cc3[nH]c(cc4[nH]c(cc5nc(c(CC(=O)OC)c1n2)C(CCC(=O)OC/C=C(\C)CCCC(C)CCCC(C)CCCC(C)C)C5C)c(C)c4C=C)c(C)c3CC. The molecule has 0 fully saturated rings. The molecular weight excluding hydrogens is 847 g/mol. The molecule has 4 unspecified atom stereocenters. The Bertz CT molecular complexity index is 2540. The fraction of sp³-hybridized carbons (Fsp3) is 0.534. The summed E-state index contributed by atoms with van der Waals surface area (Å²) in [7, 11) is 1.35. The van der Waals surface area contributed by atoms with E-state index >= 15 is 0 Å². The molecule has 3 aromatic rings. The van der Waals surface area contributed by atoms with Crippen molar-refractivity contribution in [2.75, 3.05) is 20.3 Å². The number of carbonyl (C=O) groups is 3. The normalized spacial score (nSPS) is 15.9. The van der Waals surface area contributed by atoms with Crippen molar-refractivity contribution in [1.82, 2.24) is 25.3 Å². The fourth-order valence-corrected chi connectivity index (χ4v) is 10.0. The highest BCUT2D eigenvalue weighted by atomic mass is 16.5. The van der Waals surface area contributed by atoms with E-state index in [1.54, 1.807) is 6.08 Å². The van der Waals surface area contributed by atoms with Crippen LogP contribution in [0.25, 0.3) is 39.3 Å². The van der Waals surface area contributed by atoms with Gasteiger partial charge in [-0.25, -0.2) is 4.98 Å². The van der Waals surface area contributed by atoms with Crippen molar-refractivity contribution in [2.45, 2.75) is 165 Å². The average molecular weight is 928 g/mol. The largest absolute Gasteiger partial charge is 0.469 e. The van der Waals surface area contributed by atoms with E-state index in [9.17, 15) is 14.4 Å². The third-order valence-corrected chi connectivity index (χ3v) is 14.4. The molecule has 0 saturated heterocycles. The van der Waals surface area contributed by atoms with Crippen molar-refractivity contribution in [2.24, 2.45) is 17.8 Å². The summed E-state index contributed by atoms with van der Waals surface area (Å²) in [6, 6.07) is 6.16. The summed E-state index contributed by atoms with van der Waals surface area (Å²) < 4.78 is 11.1. The maximum atomic E-state index is 14.2. The highest BCUT2D eigenvalue weighted by Crippen LogP contribution is 2.44. The van der Waals surface area contributed by atoms with Gasteiger partial charge in [0.25, 0.3) is 5.91 Å². The predicted molar refractivity (Wildman–Crippen MR) is 281 cm³/mol. The molecule has 8 bridgehead atoms. The summed E-state index contributed by atoms with van der Waals surface area (Å²) in [5, 5.41) is 2.96. The number of aromatic amines is 2. The number of H-pyrrole nitrogens is 2.